The molecule has 0 amide bonds. The molecule has 3 heterocycles. The molecule has 0 spiro atoms. The Kier molecular flexibility index (Phi) is 7.43. The zero-order valence-electron chi connectivity index (χ0n) is 17.7. The second-order valence-corrected chi connectivity index (χ2v) is 8.14. The predicted molar refractivity (Wildman–Crippen MR) is 130 cm³/mol. The van der Waals surface area contributed by atoms with Crippen LogP contribution in [0.25, 0.3) is 0 Å². The Labute approximate surface area is 191 Å². The van der Waals surface area contributed by atoms with Gasteiger partial charge in [-0.2, -0.15) is 0 Å². The van der Waals surface area contributed by atoms with E-state index < -0.39 is 0 Å². The van der Waals surface area contributed by atoms with Gasteiger partial charge in [0.2, 0.25) is 0 Å². The van der Waals surface area contributed by atoms with Gasteiger partial charge in [-0.3, -0.25) is 4.99 Å². The molecule has 3 atom stereocenters. The van der Waals surface area contributed by atoms with Crippen molar-refractivity contribution in [2.24, 2.45) is 10.9 Å². The first kappa shape index (κ1) is 21.9. The van der Waals surface area contributed by atoms with E-state index in [0.29, 0.717) is 18.0 Å². The fourth-order valence-corrected chi connectivity index (χ4v) is 4.60. The summed E-state index contributed by atoms with van der Waals surface area (Å²) >= 11 is 0. The molecule has 2 aliphatic rings. The van der Waals surface area contributed by atoms with Gasteiger partial charge in [0.1, 0.15) is 0 Å². The molecule has 6 nitrogen and oxygen atoms in total. The lowest BCUT2D eigenvalue weighted by atomic mass is 9.93. The lowest BCUT2D eigenvalue weighted by molar-refractivity contribution is 0.189. The van der Waals surface area contributed by atoms with Gasteiger partial charge < -0.3 is 19.7 Å². The van der Waals surface area contributed by atoms with Crippen LogP contribution < -0.4 is 10.2 Å². The standard InChI is InChI=1S/C22H32N6.HI/c1-17-8-11-26(15-21(17)27-13-10-24-16-27)22(23-3)25-14-18(2)28-12-9-19-6-4-5-7-20(19)28;/h4-7,10,13,16-18,21H,8-9,11-12,14-15H2,1-3H3,(H,23,25);1H. The van der Waals surface area contributed by atoms with Crippen LogP contribution in [0.2, 0.25) is 0 Å². The number of imidazole rings is 1. The maximum absolute atomic E-state index is 4.58. The molecular formula is C22H33IN6. The maximum Gasteiger partial charge on any atom is 0.193 e. The number of anilines is 1. The van der Waals surface area contributed by atoms with E-state index in [2.05, 4.69) is 74.0 Å². The Balaban J connectivity index is 0.00000240. The molecule has 0 aliphatic carbocycles. The summed E-state index contributed by atoms with van der Waals surface area (Å²) in [6.07, 6.45) is 8.19. The van der Waals surface area contributed by atoms with Crippen molar-refractivity contribution in [1.29, 1.82) is 0 Å². The monoisotopic (exact) mass is 508 g/mol. The van der Waals surface area contributed by atoms with Crippen molar-refractivity contribution in [3.8, 4) is 0 Å². The van der Waals surface area contributed by atoms with Crippen LogP contribution in [0.15, 0.2) is 48.0 Å². The summed E-state index contributed by atoms with van der Waals surface area (Å²) < 4.78 is 2.24. The molecule has 1 aromatic heterocycles. The van der Waals surface area contributed by atoms with Crippen LogP contribution in [0.1, 0.15) is 31.9 Å². The molecule has 2 aliphatic heterocycles. The van der Waals surface area contributed by atoms with Gasteiger partial charge in [0.15, 0.2) is 5.96 Å². The summed E-state index contributed by atoms with van der Waals surface area (Å²) in [7, 11) is 1.89. The summed E-state index contributed by atoms with van der Waals surface area (Å²) in [5.41, 5.74) is 2.85. The number of guanidine groups is 1. The Morgan fingerprint density at radius 3 is 2.90 bits per heavy atom. The third-order valence-electron chi connectivity index (χ3n) is 6.35. The molecule has 7 heteroatoms. The second kappa shape index (κ2) is 9.82. The quantitative estimate of drug-likeness (QED) is 0.391. The molecule has 3 unspecified atom stereocenters. The number of nitrogens with zero attached hydrogens (tertiary/aromatic N) is 5. The topological polar surface area (TPSA) is 48.7 Å². The summed E-state index contributed by atoms with van der Waals surface area (Å²) in [6.45, 7) is 8.65. The molecule has 0 bridgehead atoms. The van der Waals surface area contributed by atoms with E-state index in [1.807, 2.05) is 19.6 Å². The van der Waals surface area contributed by atoms with Crippen molar-refractivity contribution in [2.75, 3.05) is 38.1 Å². The normalized spacial score (nSPS) is 22.8. The Morgan fingerprint density at radius 2 is 2.14 bits per heavy atom. The fraction of sp³-hybridized carbons (Fsp3) is 0.545. The van der Waals surface area contributed by atoms with Gasteiger partial charge in [0.25, 0.3) is 0 Å². The zero-order chi connectivity index (χ0) is 19.5. The van der Waals surface area contributed by atoms with E-state index in [0.717, 1.165) is 38.6 Å². The summed E-state index contributed by atoms with van der Waals surface area (Å²) in [6, 6.07) is 9.64. The van der Waals surface area contributed by atoms with Gasteiger partial charge in [-0.1, -0.05) is 25.1 Å². The van der Waals surface area contributed by atoms with Crippen molar-refractivity contribution in [1.82, 2.24) is 19.8 Å². The highest BCUT2D eigenvalue weighted by Gasteiger charge is 2.29. The molecule has 0 radical (unpaired) electrons. The number of nitrogens with one attached hydrogen (secondary N) is 1. The molecule has 1 N–H and O–H groups in total. The molecule has 0 saturated carbocycles. The minimum atomic E-state index is 0. The number of aromatic nitrogens is 2. The van der Waals surface area contributed by atoms with E-state index in [-0.39, 0.29) is 24.0 Å². The number of rotatable bonds is 4. The Bertz CT molecular complexity index is 805. The second-order valence-electron chi connectivity index (χ2n) is 8.14. The van der Waals surface area contributed by atoms with Crippen LogP contribution in [-0.4, -0.2) is 59.7 Å². The first-order chi connectivity index (χ1) is 13.7. The van der Waals surface area contributed by atoms with E-state index in [1.165, 1.54) is 17.7 Å². The SMILES string of the molecule is CN=C(NCC(C)N1CCc2ccccc21)N1CCC(C)C(n2ccnc2)C1.I. The molecular weight excluding hydrogens is 475 g/mol. The highest BCUT2D eigenvalue weighted by atomic mass is 127. The van der Waals surface area contributed by atoms with Crippen molar-refractivity contribution in [3.63, 3.8) is 0 Å². The average Bonchev–Trinajstić information content (AvgIpc) is 3.39. The minimum absolute atomic E-state index is 0. The van der Waals surface area contributed by atoms with Gasteiger partial charge in [-0.05, 0) is 37.3 Å². The Hall–Kier alpha value is -1.77. The number of aliphatic imine (C=N–C) groups is 1. The molecule has 4 rings (SSSR count). The van der Waals surface area contributed by atoms with Crippen LogP contribution >= 0.6 is 24.0 Å². The first-order valence-corrected chi connectivity index (χ1v) is 10.4. The van der Waals surface area contributed by atoms with E-state index >= 15 is 0 Å². The lowest BCUT2D eigenvalue weighted by Crippen LogP contribution is -2.51. The number of benzene rings is 1. The van der Waals surface area contributed by atoms with Crippen molar-refractivity contribution in [3.05, 3.63) is 48.5 Å². The molecule has 29 heavy (non-hydrogen) atoms. The van der Waals surface area contributed by atoms with Gasteiger partial charge in [-0.25, -0.2) is 4.98 Å². The summed E-state index contributed by atoms with van der Waals surface area (Å²) in [5, 5.41) is 3.64. The first-order valence-electron chi connectivity index (χ1n) is 10.4. The predicted octanol–water partition coefficient (Wildman–Crippen LogP) is 3.41. The molecule has 158 valence electrons. The Morgan fingerprint density at radius 1 is 1.31 bits per heavy atom. The van der Waals surface area contributed by atoms with E-state index in [9.17, 15) is 0 Å². The average molecular weight is 508 g/mol. The zero-order valence-corrected chi connectivity index (χ0v) is 20.0. The van der Waals surface area contributed by atoms with Crippen LogP contribution in [0.4, 0.5) is 5.69 Å². The number of halogens is 1. The van der Waals surface area contributed by atoms with Crippen LogP contribution in [0.3, 0.4) is 0 Å². The van der Waals surface area contributed by atoms with Crippen molar-refractivity contribution < 1.29 is 0 Å². The number of piperidine rings is 1. The van der Waals surface area contributed by atoms with Gasteiger partial charge in [0, 0.05) is 57.3 Å². The highest BCUT2D eigenvalue weighted by molar-refractivity contribution is 14.0. The fourth-order valence-electron chi connectivity index (χ4n) is 4.60. The highest BCUT2D eigenvalue weighted by Crippen LogP contribution is 2.29. The van der Waals surface area contributed by atoms with Gasteiger partial charge in [0.05, 0.1) is 12.4 Å². The molecule has 2 aromatic rings. The van der Waals surface area contributed by atoms with Crippen molar-refractivity contribution >= 4 is 35.6 Å². The van der Waals surface area contributed by atoms with Crippen LogP contribution in [0, 0.1) is 5.92 Å². The third kappa shape index (κ3) is 4.70. The summed E-state index contributed by atoms with van der Waals surface area (Å²) in [5.74, 6) is 1.65. The molecule has 1 aromatic carbocycles. The number of hydrogen-bond donors (Lipinski definition) is 1. The van der Waals surface area contributed by atoms with Crippen LogP contribution in [-0.2, 0) is 6.42 Å². The smallest absolute Gasteiger partial charge is 0.193 e. The maximum atomic E-state index is 4.58. The molecule has 1 saturated heterocycles. The number of para-hydroxylation sites is 1. The lowest BCUT2D eigenvalue weighted by Gasteiger charge is -2.39. The van der Waals surface area contributed by atoms with E-state index in [1.54, 1.807) is 0 Å². The minimum Gasteiger partial charge on any atom is -0.366 e. The summed E-state index contributed by atoms with van der Waals surface area (Å²) in [4.78, 5) is 13.7. The van der Waals surface area contributed by atoms with Crippen molar-refractivity contribution in [2.45, 2.75) is 38.8 Å². The number of hydrogen-bond acceptors (Lipinski definition) is 3. The third-order valence-corrected chi connectivity index (χ3v) is 6.35. The largest absolute Gasteiger partial charge is 0.366 e. The number of likely N-dealkylation sites (tertiary alicyclic amines) is 1. The van der Waals surface area contributed by atoms with Crippen LogP contribution in [0.5, 0.6) is 0 Å². The number of fused-ring (bicyclic) bond motifs is 1. The van der Waals surface area contributed by atoms with Gasteiger partial charge in [-0.15, -0.1) is 24.0 Å². The van der Waals surface area contributed by atoms with E-state index in [4.69, 9.17) is 0 Å². The van der Waals surface area contributed by atoms with Gasteiger partial charge >= 0.3 is 0 Å². The molecule has 1 fully saturated rings.